The zero-order valence-electron chi connectivity index (χ0n) is 15.3. The fourth-order valence-electron chi connectivity index (χ4n) is 3.41. The smallest absolute Gasteiger partial charge is 0.348 e. The Kier molecular flexibility index (Phi) is 4.61. The molecule has 0 fully saturated rings. The van der Waals surface area contributed by atoms with E-state index in [2.05, 4.69) is 4.98 Å². The van der Waals surface area contributed by atoms with Crippen molar-refractivity contribution >= 4 is 50.5 Å². The lowest BCUT2D eigenvalue weighted by Crippen LogP contribution is -2.33. The van der Waals surface area contributed by atoms with E-state index in [-0.39, 0.29) is 12.5 Å². The molecule has 0 aliphatic carbocycles. The van der Waals surface area contributed by atoms with Crippen LogP contribution in [-0.2, 0) is 16.0 Å². The number of fused-ring (bicyclic) bond motifs is 2. The third kappa shape index (κ3) is 3.43. The number of benzene rings is 2. The predicted octanol–water partition coefficient (Wildman–Crippen LogP) is 4.77. The molecule has 5 rings (SSSR count). The van der Waals surface area contributed by atoms with Crippen LogP contribution in [0.4, 0.5) is 5.69 Å². The number of hydrogen-bond donors (Lipinski definition) is 0. The van der Waals surface area contributed by atoms with Crippen molar-refractivity contribution in [3.8, 4) is 9.88 Å². The summed E-state index contributed by atoms with van der Waals surface area (Å²) in [5.74, 6) is -0.686. The van der Waals surface area contributed by atoms with Crippen LogP contribution in [0.25, 0.3) is 20.1 Å². The molecule has 0 N–H and O–H groups in total. The number of nitrogens with zero attached hydrogens (tertiary/aromatic N) is 2. The van der Waals surface area contributed by atoms with E-state index in [9.17, 15) is 9.59 Å². The lowest BCUT2D eigenvalue weighted by molar-refractivity contribution is -0.121. The first-order chi connectivity index (χ1) is 14.2. The molecule has 1 aliphatic heterocycles. The van der Waals surface area contributed by atoms with Gasteiger partial charge in [0.15, 0.2) is 6.61 Å². The van der Waals surface area contributed by atoms with E-state index in [4.69, 9.17) is 4.74 Å². The SMILES string of the molecule is O=C(OCC(=O)N1CCc2ccccc21)c1ccc(-c2nc3ccccc3s2)s1. The number of para-hydroxylation sites is 2. The van der Waals surface area contributed by atoms with Gasteiger partial charge in [0.1, 0.15) is 9.88 Å². The molecule has 5 nitrogen and oxygen atoms in total. The number of aromatic nitrogens is 1. The van der Waals surface area contributed by atoms with Crippen LogP contribution in [0, 0.1) is 0 Å². The first-order valence-electron chi connectivity index (χ1n) is 9.20. The molecule has 4 aromatic rings. The van der Waals surface area contributed by atoms with Crippen molar-refractivity contribution in [1.29, 1.82) is 0 Å². The van der Waals surface area contributed by atoms with Crippen molar-refractivity contribution in [2.24, 2.45) is 0 Å². The molecule has 1 amide bonds. The van der Waals surface area contributed by atoms with Gasteiger partial charge in [0.25, 0.3) is 5.91 Å². The van der Waals surface area contributed by atoms with Gasteiger partial charge in [-0.25, -0.2) is 9.78 Å². The highest BCUT2D eigenvalue weighted by molar-refractivity contribution is 7.26. The number of rotatable bonds is 4. The van der Waals surface area contributed by atoms with Crippen LogP contribution in [0.1, 0.15) is 15.2 Å². The van der Waals surface area contributed by atoms with Gasteiger partial charge in [0, 0.05) is 12.2 Å². The highest BCUT2D eigenvalue weighted by atomic mass is 32.1. The number of anilines is 1. The van der Waals surface area contributed by atoms with Crippen LogP contribution >= 0.6 is 22.7 Å². The van der Waals surface area contributed by atoms with Crippen molar-refractivity contribution < 1.29 is 14.3 Å². The Morgan fingerprint density at radius 2 is 1.83 bits per heavy atom. The van der Waals surface area contributed by atoms with Crippen LogP contribution in [0.5, 0.6) is 0 Å². The molecule has 3 heterocycles. The van der Waals surface area contributed by atoms with Gasteiger partial charge in [0.05, 0.1) is 15.1 Å². The largest absolute Gasteiger partial charge is 0.451 e. The minimum Gasteiger partial charge on any atom is -0.451 e. The van der Waals surface area contributed by atoms with Crippen molar-refractivity contribution in [2.75, 3.05) is 18.1 Å². The van der Waals surface area contributed by atoms with Gasteiger partial charge in [-0.05, 0) is 42.3 Å². The first-order valence-corrected chi connectivity index (χ1v) is 10.8. The molecule has 0 bridgehead atoms. The number of esters is 1. The number of hydrogen-bond acceptors (Lipinski definition) is 6. The van der Waals surface area contributed by atoms with Gasteiger partial charge >= 0.3 is 5.97 Å². The number of carbonyl (C=O) groups is 2. The first kappa shape index (κ1) is 18.0. The maximum atomic E-state index is 12.5. The molecule has 144 valence electrons. The molecule has 2 aromatic heterocycles. The second-order valence-electron chi connectivity index (χ2n) is 6.65. The molecule has 0 saturated carbocycles. The van der Waals surface area contributed by atoms with Crippen molar-refractivity contribution in [1.82, 2.24) is 4.98 Å². The summed E-state index contributed by atoms with van der Waals surface area (Å²) in [6.07, 6.45) is 0.826. The third-order valence-corrected chi connectivity index (χ3v) is 7.10. The fraction of sp³-hybridized carbons (Fsp3) is 0.136. The summed E-state index contributed by atoms with van der Waals surface area (Å²) < 4.78 is 6.40. The van der Waals surface area contributed by atoms with Crippen LogP contribution < -0.4 is 4.90 Å². The summed E-state index contributed by atoms with van der Waals surface area (Å²) in [5, 5.41) is 0.875. The average molecular weight is 421 g/mol. The third-order valence-electron chi connectivity index (χ3n) is 4.83. The zero-order chi connectivity index (χ0) is 19.8. The van der Waals surface area contributed by atoms with Crippen LogP contribution in [-0.4, -0.2) is 30.0 Å². The summed E-state index contributed by atoms with van der Waals surface area (Å²) in [5.41, 5.74) is 3.00. The van der Waals surface area contributed by atoms with Gasteiger partial charge < -0.3 is 9.64 Å². The van der Waals surface area contributed by atoms with E-state index in [1.165, 1.54) is 11.3 Å². The summed E-state index contributed by atoms with van der Waals surface area (Å²) in [7, 11) is 0. The van der Waals surface area contributed by atoms with E-state index >= 15 is 0 Å². The Morgan fingerprint density at radius 3 is 2.72 bits per heavy atom. The van der Waals surface area contributed by atoms with Gasteiger partial charge in [-0.1, -0.05) is 30.3 Å². The van der Waals surface area contributed by atoms with Crippen LogP contribution in [0.2, 0.25) is 0 Å². The van der Waals surface area contributed by atoms with Crippen molar-refractivity contribution in [2.45, 2.75) is 6.42 Å². The lowest BCUT2D eigenvalue weighted by Gasteiger charge is -2.16. The molecule has 1 aliphatic rings. The summed E-state index contributed by atoms with van der Waals surface area (Å²) in [6.45, 7) is 0.359. The summed E-state index contributed by atoms with van der Waals surface area (Å²) in [4.78, 5) is 32.6. The number of thiazole rings is 1. The van der Waals surface area contributed by atoms with Gasteiger partial charge in [-0.15, -0.1) is 22.7 Å². The maximum absolute atomic E-state index is 12.5. The van der Waals surface area contributed by atoms with Gasteiger partial charge in [0.2, 0.25) is 0 Å². The standard InChI is InChI=1S/C22H16N2O3S2/c25-20(24-12-11-14-5-1-3-7-16(14)24)13-27-22(26)19-10-9-18(28-19)21-23-15-6-2-4-8-17(15)29-21/h1-10H,11-13H2. The summed E-state index contributed by atoms with van der Waals surface area (Å²) >= 11 is 2.92. The predicted molar refractivity (Wildman–Crippen MR) is 116 cm³/mol. The van der Waals surface area contributed by atoms with E-state index in [0.29, 0.717) is 11.4 Å². The average Bonchev–Trinajstić information content (AvgIpc) is 3.48. The van der Waals surface area contributed by atoms with Crippen molar-refractivity contribution in [3.63, 3.8) is 0 Å². The van der Waals surface area contributed by atoms with E-state index < -0.39 is 5.97 Å². The number of ether oxygens (including phenoxy) is 1. The monoisotopic (exact) mass is 420 g/mol. The molecular weight excluding hydrogens is 404 g/mol. The highest BCUT2D eigenvalue weighted by Gasteiger charge is 2.25. The normalized spacial score (nSPS) is 12.9. The Bertz CT molecular complexity index is 1190. The molecule has 0 radical (unpaired) electrons. The summed E-state index contributed by atoms with van der Waals surface area (Å²) in [6, 6.07) is 19.4. The van der Waals surface area contributed by atoms with Gasteiger partial charge in [-0.3, -0.25) is 4.79 Å². The molecule has 29 heavy (non-hydrogen) atoms. The molecular formula is C22H16N2O3S2. The molecule has 0 saturated heterocycles. The van der Waals surface area contributed by atoms with E-state index in [1.54, 1.807) is 22.3 Å². The quantitative estimate of drug-likeness (QED) is 0.446. The molecule has 0 unspecified atom stereocenters. The van der Waals surface area contributed by atoms with Crippen LogP contribution in [0.3, 0.4) is 0 Å². The minimum absolute atomic E-state index is 0.203. The van der Waals surface area contributed by atoms with E-state index in [0.717, 1.165) is 37.8 Å². The fourth-order valence-corrected chi connectivity index (χ4v) is 5.33. The van der Waals surface area contributed by atoms with Crippen LogP contribution in [0.15, 0.2) is 60.7 Å². The molecule has 7 heteroatoms. The molecule has 0 spiro atoms. The second-order valence-corrected chi connectivity index (χ2v) is 8.77. The Hall–Kier alpha value is -3.03. The Labute approximate surface area is 175 Å². The number of thiophene rings is 1. The number of carbonyl (C=O) groups excluding carboxylic acids is 2. The van der Waals surface area contributed by atoms with E-state index in [1.807, 2.05) is 54.6 Å². The lowest BCUT2D eigenvalue weighted by atomic mass is 10.2. The number of amides is 1. The zero-order valence-corrected chi connectivity index (χ0v) is 17.0. The topological polar surface area (TPSA) is 59.5 Å². The molecule has 0 atom stereocenters. The Morgan fingerprint density at radius 1 is 1.00 bits per heavy atom. The second kappa shape index (κ2) is 7.42. The highest BCUT2D eigenvalue weighted by Crippen LogP contribution is 2.34. The maximum Gasteiger partial charge on any atom is 0.348 e. The molecule has 2 aromatic carbocycles. The van der Waals surface area contributed by atoms with Gasteiger partial charge in [-0.2, -0.15) is 0 Å². The Balaban J connectivity index is 1.25. The minimum atomic E-state index is -0.483. The van der Waals surface area contributed by atoms with Crippen molar-refractivity contribution in [3.05, 3.63) is 71.1 Å².